The summed E-state index contributed by atoms with van der Waals surface area (Å²) in [5, 5.41) is 22.7. The highest BCUT2D eigenvalue weighted by Gasteiger charge is 2.25. The summed E-state index contributed by atoms with van der Waals surface area (Å²) in [5.41, 5.74) is 2.02. The second-order valence-corrected chi connectivity index (χ2v) is 8.78. The molecule has 1 fully saturated rings. The standard InChI is InChI=1S/C21H36BNO2/c1-21(2,3)18-11-5-4-6-13-19(14-9-12-18)23-16-17-10-7-8-15-20(17)22(24)25/h7-8,10,15,18-19,23-25H,4-6,9,11-14,16H2,1-3H3. The monoisotopic (exact) mass is 345 g/mol. The fraction of sp³-hybridized carbons (Fsp3) is 0.714. The summed E-state index contributed by atoms with van der Waals surface area (Å²) in [6.07, 6.45) is 10.4. The van der Waals surface area contributed by atoms with Crippen molar-refractivity contribution in [2.24, 2.45) is 11.3 Å². The van der Waals surface area contributed by atoms with E-state index >= 15 is 0 Å². The number of hydrogen-bond acceptors (Lipinski definition) is 3. The fourth-order valence-corrected chi connectivity index (χ4v) is 4.13. The zero-order chi connectivity index (χ0) is 18.3. The van der Waals surface area contributed by atoms with Crippen molar-refractivity contribution in [1.29, 1.82) is 0 Å². The Morgan fingerprint density at radius 1 is 0.960 bits per heavy atom. The minimum Gasteiger partial charge on any atom is -0.423 e. The molecule has 1 aliphatic rings. The molecule has 0 bridgehead atoms. The van der Waals surface area contributed by atoms with E-state index in [0.717, 1.165) is 11.5 Å². The molecule has 1 aliphatic carbocycles. The van der Waals surface area contributed by atoms with Crippen LogP contribution < -0.4 is 10.8 Å². The van der Waals surface area contributed by atoms with Gasteiger partial charge in [0.15, 0.2) is 0 Å². The summed E-state index contributed by atoms with van der Waals surface area (Å²) in [5.74, 6) is 0.830. The van der Waals surface area contributed by atoms with E-state index in [1.54, 1.807) is 6.07 Å². The van der Waals surface area contributed by atoms with Gasteiger partial charge in [-0.25, -0.2) is 0 Å². The molecule has 2 rings (SSSR count). The molecule has 1 saturated carbocycles. The molecule has 2 atom stereocenters. The van der Waals surface area contributed by atoms with Crippen LogP contribution in [0.3, 0.4) is 0 Å². The topological polar surface area (TPSA) is 52.5 Å². The first-order chi connectivity index (χ1) is 11.9. The van der Waals surface area contributed by atoms with Gasteiger partial charge in [0.05, 0.1) is 0 Å². The smallest absolute Gasteiger partial charge is 0.423 e. The molecule has 2 unspecified atom stereocenters. The van der Waals surface area contributed by atoms with Crippen LogP contribution in [0.5, 0.6) is 0 Å². The summed E-state index contributed by atoms with van der Waals surface area (Å²) >= 11 is 0. The summed E-state index contributed by atoms with van der Waals surface area (Å²) < 4.78 is 0. The van der Waals surface area contributed by atoms with Gasteiger partial charge < -0.3 is 15.4 Å². The van der Waals surface area contributed by atoms with Crippen LogP contribution in [-0.4, -0.2) is 23.2 Å². The number of hydrogen-bond donors (Lipinski definition) is 3. The first-order valence-corrected chi connectivity index (χ1v) is 10.0. The van der Waals surface area contributed by atoms with Gasteiger partial charge in [-0.1, -0.05) is 70.7 Å². The highest BCUT2D eigenvalue weighted by atomic mass is 16.4. The molecule has 25 heavy (non-hydrogen) atoms. The first kappa shape index (κ1) is 20.5. The van der Waals surface area contributed by atoms with Crippen molar-refractivity contribution in [3.8, 4) is 0 Å². The molecule has 140 valence electrons. The molecule has 0 aromatic heterocycles. The molecule has 3 nitrogen and oxygen atoms in total. The van der Waals surface area contributed by atoms with Gasteiger partial charge in [0.1, 0.15) is 0 Å². The van der Waals surface area contributed by atoms with Gasteiger partial charge in [-0.15, -0.1) is 0 Å². The molecule has 0 heterocycles. The van der Waals surface area contributed by atoms with Crippen LogP contribution in [0.1, 0.15) is 77.7 Å². The van der Waals surface area contributed by atoms with E-state index in [4.69, 9.17) is 0 Å². The maximum Gasteiger partial charge on any atom is 0.488 e. The Hall–Kier alpha value is -0.835. The molecule has 1 aromatic rings. The van der Waals surface area contributed by atoms with Gasteiger partial charge in [-0.2, -0.15) is 0 Å². The van der Waals surface area contributed by atoms with Gasteiger partial charge in [0.2, 0.25) is 0 Å². The lowest BCUT2D eigenvalue weighted by atomic mass is 9.74. The average Bonchev–Trinajstić information content (AvgIpc) is 2.57. The lowest BCUT2D eigenvalue weighted by Gasteiger charge is -2.32. The van der Waals surface area contributed by atoms with Crippen LogP contribution in [0.15, 0.2) is 24.3 Å². The molecule has 0 spiro atoms. The van der Waals surface area contributed by atoms with Crippen molar-refractivity contribution >= 4 is 12.6 Å². The van der Waals surface area contributed by atoms with Gasteiger partial charge in [-0.05, 0) is 48.0 Å². The van der Waals surface area contributed by atoms with Gasteiger partial charge in [-0.3, -0.25) is 0 Å². The van der Waals surface area contributed by atoms with Gasteiger partial charge >= 0.3 is 7.12 Å². The van der Waals surface area contributed by atoms with Crippen molar-refractivity contribution in [1.82, 2.24) is 5.32 Å². The minimum absolute atomic E-state index is 0.415. The molecule has 0 aliphatic heterocycles. The largest absolute Gasteiger partial charge is 0.488 e. The van der Waals surface area contributed by atoms with E-state index in [-0.39, 0.29) is 0 Å². The van der Waals surface area contributed by atoms with Crippen molar-refractivity contribution < 1.29 is 10.0 Å². The first-order valence-electron chi connectivity index (χ1n) is 10.0. The molecule has 4 heteroatoms. The Labute approximate surface area is 154 Å². The minimum atomic E-state index is -1.39. The molecular weight excluding hydrogens is 309 g/mol. The Bertz CT molecular complexity index is 513. The van der Waals surface area contributed by atoms with Crippen molar-refractivity contribution in [2.75, 3.05) is 0 Å². The molecular formula is C21H36BNO2. The Morgan fingerprint density at radius 3 is 2.32 bits per heavy atom. The van der Waals surface area contributed by atoms with Crippen LogP contribution in [-0.2, 0) is 6.54 Å². The number of benzene rings is 1. The van der Waals surface area contributed by atoms with E-state index in [0.29, 0.717) is 23.5 Å². The van der Waals surface area contributed by atoms with Crippen molar-refractivity contribution in [2.45, 2.75) is 84.7 Å². The fourth-order valence-electron chi connectivity index (χ4n) is 4.13. The van der Waals surface area contributed by atoms with Crippen molar-refractivity contribution in [3.63, 3.8) is 0 Å². The van der Waals surface area contributed by atoms with Crippen LogP contribution in [0.4, 0.5) is 0 Å². The summed E-state index contributed by atoms with van der Waals surface area (Å²) in [7, 11) is -1.39. The van der Waals surface area contributed by atoms with Gasteiger partial charge in [0.25, 0.3) is 0 Å². The number of nitrogens with one attached hydrogen (secondary N) is 1. The van der Waals surface area contributed by atoms with Crippen LogP contribution >= 0.6 is 0 Å². The zero-order valence-corrected chi connectivity index (χ0v) is 16.3. The quantitative estimate of drug-likeness (QED) is 0.731. The summed E-state index contributed by atoms with van der Waals surface area (Å²) in [6, 6.07) is 8.13. The molecule has 0 saturated heterocycles. The summed E-state index contributed by atoms with van der Waals surface area (Å²) in [6.45, 7) is 7.87. The Morgan fingerprint density at radius 2 is 1.60 bits per heavy atom. The van der Waals surface area contributed by atoms with E-state index in [9.17, 15) is 10.0 Å². The maximum absolute atomic E-state index is 9.53. The predicted octanol–water partition coefficient (Wildman–Crippen LogP) is 3.62. The zero-order valence-electron chi connectivity index (χ0n) is 16.3. The van der Waals surface area contributed by atoms with Crippen LogP contribution in [0.25, 0.3) is 0 Å². The molecule has 3 N–H and O–H groups in total. The molecule has 1 aromatic carbocycles. The lowest BCUT2D eigenvalue weighted by molar-refractivity contribution is 0.194. The highest BCUT2D eigenvalue weighted by molar-refractivity contribution is 6.59. The normalized spacial score (nSPS) is 23.2. The summed E-state index contributed by atoms with van der Waals surface area (Å²) in [4.78, 5) is 0. The molecule has 0 radical (unpaired) electrons. The highest BCUT2D eigenvalue weighted by Crippen LogP contribution is 2.35. The third-order valence-electron chi connectivity index (χ3n) is 5.85. The second kappa shape index (κ2) is 9.75. The van der Waals surface area contributed by atoms with E-state index in [1.165, 1.54) is 51.4 Å². The Balaban J connectivity index is 1.91. The molecule has 0 amide bonds. The third-order valence-corrected chi connectivity index (χ3v) is 5.85. The van der Waals surface area contributed by atoms with Crippen LogP contribution in [0.2, 0.25) is 0 Å². The van der Waals surface area contributed by atoms with E-state index in [1.807, 2.05) is 18.2 Å². The Kier molecular flexibility index (Phi) is 7.99. The lowest BCUT2D eigenvalue weighted by Crippen LogP contribution is -2.37. The number of rotatable bonds is 4. The average molecular weight is 345 g/mol. The SMILES string of the molecule is CC(C)(C)C1CCCCCC(NCc2ccccc2B(O)O)CCC1. The van der Waals surface area contributed by atoms with Crippen molar-refractivity contribution in [3.05, 3.63) is 29.8 Å². The maximum atomic E-state index is 9.53. The predicted molar refractivity (Wildman–Crippen MR) is 107 cm³/mol. The van der Waals surface area contributed by atoms with Gasteiger partial charge in [0, 0.05) is 12.6 Å². The van der Waals surface area contributed by atoms with E-state index < -0.39 is 7.12 Å². The second-order valence-electron chi connectivity index (χ2n) is 8.78. The van der Waals surface area contributed by atoms with E-state index in [2.05, 4.69) is 26.1 Å². The van der Waals surface area contributed by atoms with Crippen LogP contribution in [0, 0.1) is 11.3 Å². The third kappa shape index (κ3) is 6.77.